The molecule has 0 aromatic heterocycles. The van der Waals surface area contributed by atoms with Crippen molar-refractivity contribution in [2.24, 2.45) is 0 Å². The number of hydrogen-bond acceptors (Lipinski definition) is 3. The highest BCUT2D eigenvalue weighted by molar-refractivity contribution is 6.33. The van der Waals surface area contributed by atoms with Gasteiger partial charge < -0.3 is 20.4 Å². The molecule has 0 unspecified atom stereocenters. The smallest absolute Gasteiger partial charge is 0.317 e. The van der Waals surface area contributed by atoms with E-state index < -0.39 is 0 Å². The lowest BCUT2D eigenvalue weighted by Gasteiger charge is -2.36. The first-order chi connectivity index (χ1) is 13.1. The van der Waals surface area contributed by atoms with Gasteiger partial charge in [0.2, 0.25) is 5.91 Å². The number of amides is 3. The molecule has 2 N–H and O–H groups in total. The first kappa shape index (κ1) is 19.8. The van der Waals surface area contributed by atoms with Gasteiger partial charge in [-0.15, -0.1) is 0 Å². The Morgan fingerprint density at radius 3 is 2.44 bits per heavy atom. The quantitative estimate of drug-likeness (QED) is 0.809. The molecule has 0 spiro atoms. The second-order valence-corrected chi connectivity index (χ2v) is 7.72. The number of nitrogens with one attached hydrogen (secondary N) is 2. The van der Waals surface area contributed by atoms with Crippen LogP contribution in [0.15, 0.2) is 24.3 Å². The van der Waals surface area contributed by atoms with E-state index in [1.165, 1.54) is 19.3 Å². The minimum atomic E-state index is -0.0979. The van der Waals surface area contributed by atoms with Crippen LogP contribution in [-0.4, -0.2) is 55.6 Å². The Morgan fingerprint density at radius 2 is 1.74 bits per heavy atom. The van der Waals surface area contributed by atoms with Crippen molar-refractivity contribution < 1.29 is 9.59 Å². The molecule has 3 amide bonds. The molecule has 1 aromatic carbocycles. The average molecular weight is 393 g/mol. The van der Waals surface area contributed by atoms with Gasteiger partial charge >= 0.3 is 6.03 Å². The van der Waals surface area contributed by atoms with Crippen molar-refractivity contribution in [1.29, 1.82) is 0 Å². The zero-order valence-corrected chi connectivity index (χ0v) is 16.5. The molecule has 1 aliphatic heterocycles. The number of benzene rings is 1. The van der Waals surface area contributed by atoms with E-state index in [1.807, 2.05) is 24.3 Å². The van der Waals surface area contributed by atoms with Crippen LogP contribution in [0.2, 0.25) is 5.02 Å². The van der Waals surface area contributed by atoms with Crippen LogP contribution in [0.5, 0.6) is 0 Å². The first-order valence-corrected chi connectivity index (χ1v) is 10.3. The standard InChI is InChI=1S/C20H29ClN4O2/c21-17-8-4-5-9-18(17)24-12-14-25(15-13-24)20(27)22-11-10-19(26)23-16-6-2-1-3-7-16/h4-5,8-9,16H,1-3,6-7,10-15H2,(H,22,27)(H,23,26). The van der Waals surface area contributed by atoms with Gasteiger partial charge in [0.1, 0.15) is 0 Å². The molecule has 148 valence electrons. The summed E-state index contributed by atoms with van der Waals surface area (Å²) in [5.41, 5.74) is 1.01. The molecule has 1 aliphatic carbocycles. The van der Waals surface area contributed by atoms with Crippen LogP contribution in [0.1, 0.15) is 38.5 Å². The Kier molecular flexibility index (Phi) is 7.21. The van der Waals surface area contributed by atoms with Crippen LogP contribution in [-0.2, 0) is 4.79 Å². The molecule has 6 nitrogen and oxygen atoms in total. The van der Waals surface area contributed by atoms with Gasteiger partial charge in [-0.1, -0.05) is 43.0 Å². The van der Waals surface area contributed by atoms with Crippen LogP contribution in [0.25, 0.3) is 0 Å². The SMILES string of the molecule is O=C(CCNC(=O)N1CCN(c2ccccc2Cl)CC1)NC1CCCCC1. The Bertz CT molecular complexity index is 641. The molecule has 1 heterocycles. The molecule has 27 heavy (non-hydrogen) atoms. The van der Waals surface area contributed by atoms with Crippen LogP contribution >= 0.6 is 11.6 Å². The summed E-state index contributed by atoms with van der Waals surface area (Å²) < 4.78 is 0. The van der Waals surface area contributed by atoms with E-state index in [1.54, 1.807) is 4.90 Å². The van der Waals surface area contributed by atoms with Gasteiger partial charge in [0, 0.05) is 45.2 Å². The highest BCUT2D eigenvalue weighted by Gasteiger charge is 2.22. The number of urea groups is 1. The van der Waals surface area contributed by atoms with Crippen LogP contribution in [0, 0.1) is 0 Å². The van der Waals surface area contributed by atoms with Crippen molar-refractivity contribution in [2.45, 2.75) is 44.6 Å². The van der Waals surface area contributed by atoms with Crippen LogP contribution in [0.3, 0.4) is 0 Å². The van der Waals surface area contributed by atoms with E-state index >= 15 is 0 Å². The summed E-state index contributed by atoms with van der Waals surface area (Å²) in [4.78, 5) is 28.3. The zero-order valence-electron chi connectivity index (χ0n) is 15.8. The summed E-state index contributed by atoms with van der Waals surface area (Å²) in [6.07, 6.45) is 6.15. The molecule has 1 aromatic rings. The number of nitrogens with zero attached hydrogens (tertiary/aromatic N) is 2. The van der Waals surface area contributed by atoms with Crippen molar-refractivity contribution in [2.75, 3.05) is 37.6 Å². The Morgan fingerprint density at radius 1 is 1.04 bits per heavy atom. The molecule has 2 aliphatic rings. The fraction of sp³-hybridized carbons (Fsp3) is 0.600. The van der Waals surface area contributed by atoms with Gasteiger partial charge in [-0.2, -0.15) is 0 Å². The number of halogens is 1. The summed E-state index contributed by atoms with van der Waals surface area (Å²) in [5.74, 6) is 0.0331. The number of hydrogen-bond donors (Lipinski definition) is 2. The van der Waals surface area contributed by atoms with Gasteiger partial charge in [-0.25, -0.2) is 4.79 Å². The molecule has 0 bridgehead atoms. The number of piperazine rings is 1. The highest BCUT2D eigenvalue weighted by atomic mass is 35.5. The lowest BCUT2D eigenvalue weighted by atomic mass is 9.95. The predicted molar refractivity (Wildman–Crippen MR) is 108 cm³/mol. The second-order valence-electron chi connectivity index (χ2n) is 7.31. The average Bonchev–Trinajstić information content (AvgIpc) is 2.69. The maximum absolute atomic E-state index is 12.3. The Hall–Kier alpha value is -1.95. The molecule has 3 rings (SSSR count). The van der Waals surface area contributed by atoms with E-state index in [0.29, 0.717) is 32.1 Å². The van der Waals surface area contributed by atoms with Crippen molar-refractivity contribution in [3.8, 4) is 0 Å². The third-order valence-corrected chi connectivity index (χ3v) is 5.68. The minimum Gasteiger partial charge on any atom is -0.367 e. The fourth-order valence-electron chi connectivity index (χ4n) is 3.80. The molecule has 1 saturated carbocycles. The third kappa shape index (κ3) is 5.76. The topological polar surface area (TPSA) is 64.7 Å². The van der Waals surface area contributed by atoms with Gasteiger partial charge in [0.05, 0.1) is 10.7 Å². The number of anilines is 1. The molecule has 2 fully saturated rings. The number of rotatable bonds is 5. The predicted octanol–water partition coefficient (Wildman–Crippen LogP) is 3.01. The van der Waals surface area contributed by atoms with E-state index in [-0.39, 0.29) is 11.9 Å². The maximum atomic E-state index is 12.3. The van der Waals surface area contributed by atoms with Crippen molar-refractivity contribution >= 4 is 29.2 Å². The van der Waals surface area contributed by atoms with Crippen molar-refractivity contribution in [3.63, 3.8) is 0 Å². The second kappa shape index (κ2) is 9.83. The van der Waals surface area contributed by atoms with Crippen molar-refractivity contribution in [1.82, 2.24) is 15.5 Å². The molecule has 7 heteroatoms. The van der Waals surface area contributed by atoms with Gasteiger partial charge in [0.15, 0.2) is 0 Å². The molecule has 0 atom stereocenters. The summed E-state index contributed by atoms with van der Waals surface area (Å²) in [6, 6.07) is 8.00. The first-order valence-electron chi connectivity index (χ1n) is 9.95. The van der Waals surface area contributed by atoms with Crippen molar-refractivity contribution in [3.05, 3.63) is 29.3 Å². The number of carbonyl (C=O) groups is 2. The molecule has 0 radical (unpaired) electrons. The molecule has 1 saturated heterocycles. The van der Waals surface area contributed by atoms with Crippen LogP contribution < -0.4 is 15.5 Å². The monoisotopic (exact) mass is 392 g/mol. The fourth-order valence-corrected chi connectivity index (χ4v) is 4.06. The van der Waals surface area contributed by atoms with E-state index in [9.17, 15) is 9.59 Å². The number of para-hydroxylation sites is 1. The molecular formula is C20H29ClN4O2. The normalized spacial score (nSPS) is 18.3. The summed E-state index contributed by atoms with van der Waals surface area (Å²) >= 11 is 6.25. The van der Waals surface area contributed by atoms with Gasteiger partial charge in [0.25, 0.3) is 0 Å². The number of carbonyl (C=O) groups excluding carboxylic acids is 2. The van der Waals surface area contributed by atoms with E-state index in [2.05, 4.69) is 15.5 Å². The van der Waals surface area contributed by atoms with E-state index in [0.717, 1.165) is 36.6 Å². The maximum Gasteiger partial charge on any atom is 0.317 e. The lowest BCUT2D eigenvalue weighted by molar-refractivity contribution is -0.121. The zero-order chi connectivity index (χ0) is 19.1. The summed E-state index contributed by atoms with van der Waals surface area (Å²) in [5, 5.41) is 6.68. The van der Waals surface area contributed by atoms with Crippen LogP contribution in [0.4, 0.5) is 10.5 Å². The third-order valence-electron chi connectivity index (χ3n) is 5.36. The van der Waals surface area contributed by atoms with Gasteiger partial charge in [-0.3, -0.25) is 4.79 Å². The molecular weight excluding hydrogens is 364 g/mol. The largest absolute Gasteiger partial charge is 0.367 e. The van der Waals surface area contributed by atoms with Gasteiger partial charge in [-0.05, 0) is 25.0 Å². The Balaban J connectivity index is 1.34. The lowest BCUT2D eigenvalue weighted by Crippen LogP contribution is -2.52. The summed E-state index contributed by atoms with van der Waals surface area (Å²) in [7, 11) is 0. The summed E-state index contributed by atoms with van der Waals surface area (Å²) in [6.45, 7) is 3.16. The van der Waals surface area contributed by atoms with E-state index in [4.69, 9.17) is 11.6 Å². The minimum absolute atomic E-state index is 0.0331. The highest BCUT2D eigenvalue weighted by Crippen LogP contribution is 2.26. The Labute approximate surface area is 166 Å².